The first-order valence-corrected chi connectivity index (χ1v) is 7.29. The minimum absolute atomic E-state index is 0.0317. The van der Waals surface area contributed by atoms with Crippen molar-refractivity contribution < 1.29 is 30.0 Å². The summed E-state index contributed by atoms with van der Waals surface area (Å²) in [5.41, 5.74) is 0.0784. The van der Waals surface area contributed by atoms with Gasteiger partial charge < -0.3 is 20.4 Å². The van der Waals surface area contributed by atoms with Crippen LogP contribution in [0.5, 0.6) is 11.5 Å². The van der Waals surface area contributed by atoms with Gasteiger partial charge in [-0.25, -0.2) is 0 Å². The number of aromatic hydroxyl groups is 2. The van der Waals surface area contributed by atoms with Crippen LogP contribution in [0.25, 0.3) is 0 Å². The number of phenols is 2. The lowest BCUT2D eigenvalue weighted by atomic mass is 9.96. The fraction of sp³-hybridized carbons (Fsp3) is 0.500. The van der Waals surface area contributed by atoms with Gasteiger partial charge in [-0.1, -0.05) is 12.8 Å². The largest absolute Gasteiger partial charge is 0.508 e. The Balaban J connectivity index is 2.73. The molecule has 0 aliphatic rings. The number of Topliss-reactive ketones (excluding diaryl/α,β-unsaturated/α-hetero) is 1. The minimum atomic E-state index is -1.14. The first-order chi connectivity index (χ1) is 10.3. The second-order valence-corrected chi connectivity index (χ2v) is 5.44. The van der Waals surface area contributed by atoms with Gasteiger partial charge in [-0.15, -0.1) is 0 Å². The quantitative estimate of drug-likeness (QED) is 0.411. The van der Waals surface area contributed by atoms with E-state index >= 15 is 0 Å². The highest BCUT2D eigenvalue weighted by Crippen LogP contribution is 2.29. The number of carboxylic acids is 1. The third-order valence-corrected chi connectivity index (χ3v) is 3.33. The van der Waals surface area contributed by atoms with Crippen LogP contribution in [0.1, 0.15) is 54.9 Å². The zero-order chi connectivity index (χ0) is 16.7. The third-order valence-electron chi connectivity index (χ3n) is 3.33. The summed E-state index contributed by atoms with van der Waals surface area (Å²) in [7, 11) is 0. The van der Waals surface area contributed by atoms with E-state index < -0.39 is 18.1 Å². The van der Waals surface area contributed by atoms with Crippen LogP contribution in [-0.2, 0) is 11.2 Å². The molecule has 0 spiro atoms. The number of aliphatic hydroxyl groups excluding tert-OH is 1. The molecule has 1 atom stereocenters. The van der Waals surface area contributed by atoms with Crippen LogP contribution in [0.15, 0.2) is 12.1 Å². The van der Waals surface area contributed by atoms with Crippen molar-refractivity contribution in [1.29, 1.82) is 0 Å². The first-order valence-electron chi connectivity index (χ1n) is 7.29. The topological polar surface area (TPSA) is 115 Å². The summed E-state index contributed by atoms with van der Waals surface area (Å²) in [6.45, 7) is 1.71. The predicted octanol–water partition coefficient (Wildman–Crippen LogP) is 2.24. The molecular formula is C16H22O6. The number of hydrogen-bond donors (Lipinski definition) is 4. The van der Waals surface area contributed by atoms with E-state index in [0.717, 1.165) is 18.9 Å². The second-order valence-electron chi connectivity index (χ2n) is 5.44. The van der Waals surface area contributed by atoms with Crippen LogP contribution in [0.3, 0.4) is 0 Å². The maximum atomic E-state index is 12.2. The van der Waals surface area contributed by atoms with Crippen molar-refractivity contribution in [1.82, 2.24) is 0 Å². The van der Waals surface area contributed by atoms with Crippen molar-refractivity contribution in [3.63, 3.8) is 0 Å². The van der Waals surface area contributed by atoms with Crippen molar-refractivity contribution in [3.05, 3.63) is 23.3 Å². The second kappa shape index (κ2) is 8.38. The molecule has 0 aliphatic carbocycles. The molecule has 6 heteroatoms. The molecular weight excluding hydrogens is 288 g/mol. The van der Waals surface area contributed by atoms with Crippen LogP contribution in [0.4, 0.5) is 0 Å². The third kappa shape index (κ3) is 5.73. The Morgan fingerprint density at radius 3 is 2.41 bits per heavy atom. The molecule has 0 bridgehead atoms. The molecule has 0 aromatic heterocycles. The summed E-state index contributed by atoms with van der Waals surface area (Å²) in [6, 6.07) is 2.22. The molecule has 6 nitrogen and oxygen atoms in total. The van der Waals surface area contributed by atoms with E-state index in [9.17, 15) is 19.8 Å². The number of phenolic OH excluding ortho intramolecular Hbond substituents is 2. The summed E-state index contributed by atoms with van der Waals surface area (Å²) in [5.74, 6) is -2.16. The highest BCUT2D eigenvalue weighted by atomic mass is 16.4. The monoisotopic (exact) mass is 310 g/mol. The average Bonchev–Trinajstić information content (AvgIpc) is 2.36. The molecule has 0 saturated carbocycles. The molecule has 22 heavy (non-hydrogen) atoms. The molecule has 122 valence electrons. The summed E-state index contributed by atoms with van der Waals surface area (Å²) in [6.07, 6.45) is 2.22. The van der Waals surface area contributed by atoms with E-state index in [1.54, 1.807) is 6.92 Å². The van der Waals surface area contributed by atoms with E-state index in [1.807, 2.05) is 0 Å². The van der Waals surface area contributed by atoms with Gasteiger partial charge in [0.1, 0.15) is 11.5 Å². The minimum Gasteiger partial charge on any atom is -0.508 e. The van der Waals surface area contributed by atoms with Crippen molar-refractivity contribution >= 4 is 11.8 Å². The highest BCUT2D eigenvalue weighted by Gasteiger charge is 2.19. The summed E-state index contributed by atoms with van der Waals surface area (Å²) in [4.78, 5) is 23.0. The Bertz CT molecular complexity index is 536. The number of carboxylic acid groups (broad SMARTS) is 1. The van der Waals surface area contributed by atoms with Crippen LogP contribution >= 0.6 is 0 Å². The van der Waals surface area contributed by atoms with Gasteiger partial charge in [-0.05, 0) is 31.4 Å². The molecule has 1 unspecified atom stereocenters. The first kappa shape index (κ1) is 18.0. The lowest BCUT2D eigenvalue weighted by molar-refractivity contribution is -0.136. The molecule has 0 radical (unpaired) electrons. The molecule has 1 aromatic carbocycles. The number of carbonyl (C=O) groups is 2. The van der Waals surface area contributed by atoms with Gasteiger partial charge in [0.2, 0.25) is 0 Å². The average molecular weight is 310 g/mol. The Labute approximate surface area is 129 Å². The van der Waals surface area contributed by atoms with Crippen LogP contribution in [0, 0.1) is 0 Å². The SMILES string of the molecule is CC(O)CCCCCC(=O)c1c(O)cc(O)cc1CC(=O)O. The molecule has 1 aromatic rings. The smallest absolute Gasteiger partial charge is 0.307 e. The number of aliphatic hydroxyl groups is 1. The molecule has 0 saturated heterocycles. The van der Waals surface area contributed by atoms with E-state index in [0.29, 0.717) is 12.8 Å². The number of unbranched alkanes of at least 4 members (excludes halogenated alkanes) is 2. The summed E-state index contributed by atoms with van der Waals surface area (Å²) in [5, 5.41) is 37.2. The predicted molar refractivity (Wildman–Crippen MR) is 80.2 cm³/mol. The van der Waals surface area contributed by atoms with Gasteiger partial charge in [0.15, 0.2) is 5.78 Å². The van der Waals surface area contributed by atoms with Gasteiger partial charge >= 0.3 is 5.97 Å². The molecule has 4 N–H and O–H groups in total. The highest BCUT2D eigenvalue weighted by molar-refractivity contribution is 6.01. The van der Waals surface area contributed by atoms with Crippen molar-refractivity contribution in [2.45, 2.75) is 51.6 Å². The van der Waals surface area contributed by atoms with Crippen molar-refractivity contribution in [3.8, 4) is 11.5 Å². The fourth-order valence-corrected chi connectivity index (χ4v) is 2.32. The number of hydrogen-bond acceptors (Lipinski definition) is 5. The lowest BCUT2D eigenvalue weighted by Gasteiger charge is -2.10. The standard InChI is InChI=1S/C16H22O6/c1-10(17)5-3-2-4-6-13(19)16-11(8-15(21)22)7-12(18)9-14(16)20/h7,9-10,17-18,20H,2-6,8H2,1H3,(H,21,22). The number of benzene rings is 1. The summed E-state index contributed by atoms with van der Waals surface area (Å²) < 4.78 is 0. The molecule has 1 rings (SSSR count). The lowest BCUT2D eigenvalue weighted by Crippen LogP contribution is -2.09. The van der Waals surface area contributed by atoms with E-state index in [-0.39, 0.29) is 35.2 Å². The number of aliphatic carboxylic acids is 1. The zero-order valence-electron chi connectivity index (χ0n) is 12.6. The zero-order valence-corrected chi connectivity index (χ0v) is 12.6. The van der Waals surface area contributed by atoms with Gasteiger partial charge in [-0.3, -0.25) is 9.59 Å². The van der Waals surface area contributed by atoms with Crippen molar-refractivity contribution in [2.24, 2.45) is 0 Å². The molecule has 0 heterocycles. The molecule has 0 amide bonds. The van der Waals surface area contributed by atoms with Gasteiger partial charge in [0.25, 0.3) is 0 Å². The molecule has 0 aliphatic heterocycles. The Morgan fingerprint density at radius 2 is 1.82 bits per heavy atom. The van der Waals surface area contributed by atoms with E-state index in [2.05, 4.69) is 0 Å². The van der Waals surface area contributed by atoms with Crippen LogP contribution < -0.4 is 0 Å². The van der Waals surface area contributed by atoms with Gasteiger partial charge in [0.05, 0.1) is 18.1 Å². The maximum Gasteiger partial charge on any atom is 0.307 e. The Kier molecular flexibility index (Phi) is 6.85. The Morgan fingerprint density at radius 1 is 1.14 bits per heavy atom. The summed E-state index contributed by atoms with van der Waals surface area (Å²) >= 11 is 0. The van der Waals surface area contributed by atoms with Crippen LogP contribution in [-0.4, -0.2) is 38.3 Å². The number of rotatable bonds is 9. The van der Waals surface area contributed by atoms with E-state index in [4.69, 9.17) is 10.2 Å². The Hall–Kier alpha value is -2.08. The van der Waals surface area contributed by atoms with E-state index in [1.165, 1.54) is 6.07 Å². The number of carbonyl (C=O) groups excluding carboxylic acids is 1. The van der Waals surface area contributed by atoms with Crippen molar-refractivity contribution in [2.75, 3.05) is 0 Å². The van der Waals surface area contributed by atoms with Crippen LogP contribution in [0.2, 0.25) is 0 Å². The maximum absolute atomic E-state index is 12.2. The normalized spacial score (nSPS) is 12.1. The number of ketones is 1. The molecule has 0 fully saturated rings. The van der Waals surface area contributed by atoms with Gasteiger partial charge in [0, 0.05) is 12.5 Å². The van der Waals surface area contributed by atoms with Gasteiger partial charge in [-0.2, -0.15) is 0 Å². The fourth-order valence-electron chi connectivity index (χ4n) is 2.32.